The molecule has 2 heteroatoms. The Balaban J connectivity index is 1.63. The third-order valence-electron chi connectivity index (χ3n) is 4.69. The van der Waals surface area contributed by atoms with Crippen LogP contribution in [0.5, 0.6) is 0 Å². The molecule has 24 heavy (non-hydrogen) atoms. The number of carbonyl (C=O) groups excluding carboxylic acids is 1. The van der Waals surface area contributed by atoms with E-state index < -0.39 is 0 Å². The van der Waals surface area contributed by atoms with E-state index in [-0.39, 0.29) is 11.9 Å². The van der Waals surface area contributed by atoms with Crippen LogP contribution in [-0.4, -0.2) is 5.91 Å². The molecule has 0 saturated heterocycles. The number of carbonyl (C=O) groups is 1. The zero-order chi connectivity index (χ0) is 16.4. The molecule has 0 bridgehead atoms. The van der Waals surface area contributed by atoms with E-state index in [0.717, 1.165) is 29.5 Å². The SMILES string of the molecule is O=C(N[C@@H]1CCc2ccccc21)c1ccccc1-c1ccccc1. The number of aryl methyl sites for hydroxylation is 1. The Hall–Kier alpha value is -2.87. The Kier molecular flexibility index (Phi) is 3.87. The highest BCUT2D eigenvalue weighted by molar-refractivity contribution is 6.01. The molecule has 1 atom stereocenters. The molecule has 3 aromatic rings. The fourth-order valence-electron chi connectivity index (χ4n) is 3.49. The molecule has 118 valence electrons. The number of amides is 1. The van der Waals surface area contributed by atoms with E-state index in [4.69, 9.17) is 0 Å². The van der Waals surface area contributed by atoms with Gasteiger partial charge in [-0.25, -0.2) is 0 Å². The monoisotopic (exact) mass is 313 g/mol. The summed E-state index contributed by atoms with van der Waals surface area (Å²) in [5, 5.41) is 3.22. The number of fused-ring (bicyclic) bond motifs is 1. The van der Waals surface area contributed by atoms with E-state index in [0.29, 0.717) is 0 Å². The van der Waals surface area contributed by atoms with E-state index in [1.807, 2.05) is 60.7 Å². The second kappa shape index (κ2) is 6.32. The van der Waals surface area contributed by atoms with Crippen LogP contribution in [-0.2, 0) is 6.42 Å². The fraction of sp³-hybridized carbons (Fsp3) is 0.136. The highest BCUT2D eigenvalue weighted by Crippen LogP contribution is 2.31. The molecule has 0 spiro atoms. The topological polar surface area (TPSA) is 29.1 Å². The fourth-order valence-corrected chi connectivity index (χ4v) is 3.49. The molecule has 4 rings (SSSR count). The predicted octanol–water partition coefficient (Wildman–Crippen LogP) is 4.77. The van der Waals surface area contributed by atoms with E-state index in [1.54, 1.807) is 0 Å². The first-order valence-electron chi connectivity index (χ1n) is 8.36. The number of hydrogen-bond acceptors (Lipinski definition) is 1. The number of nitrogens with one attached hydrogen (secondary N) is 1. The lowest BCUT2D eigenvalue weighted by Gasteiger charge is -2.16. The lowest BCUT2D eigenvalue weighted by molar-refractivity contribution is 0.0937. The molecular formula is C22H19NO. The average molecular weight is 313 g/mol. The molecule has 0 aliphatic heterocycles. The van der Waals surface area contributed by atoms with E-state index in [1.165, 1.54) is 11.1 Å². The summed E-state index contributed by atoms with van der Waals surface area (Å²) in [6.45, 7) is 0. The maximum absolute atomic E-state index is 12.9. The summed E-state index contributed by atoms with van der Waals surface area (Å²) in [6, 6.07) is 26.4. The second-order valence-electron chi connectivity index (χ2n) is 6.18. The van der Waals surface area contributed by atoms with Crippen molar-refractivity contribution in [1.82, 2.24) is 5.32 Å². The Morgan fingerprint density at radius 3 is 2.42 bits per heavy atom. The maximum Gasteiger partial charge on any atom is 0.252 e. The molecule has 0 heterocycles. The van der Waals surface area contributed by atoms with Gasteiger partial charge >= 0.3 is 0 Å². The smallest absolute Gasteiger partial charge is 0.252 e. The molecule has 1 N–H and O–H groups in total. The molecule has 0 fully saturated rings. The van der Waals surface area contributed by atoms with Crippen molar-refractivity contribution in [1.29, 1.82) is 0 Å². The maximum atomic E-state index is 12.9. The van der Waals surface area contributed by atoms with Crippen LogP contribution in [0.15, 0.2) is 78.9 Å². The van der Waals surface area contributed by atoms with Crippen LogP contribution >= 0.6 is 0 Å². The minimum absolute atomic E-state index is 0.00356. The summed E-state index contributed by atoms with van der Waals surface area (Å²) >= 11 is 0. The first-order valence-corrected chi connectivity index (χ1v) is 8.36. The van der Waals surface area contributed by atoms with Gasteiger partial charge in [0.15, 0.2) is 0 Å². The quantitative estimate of drug-likeness (QED) is 0.741. The van der Waals surface area contributed by atoms with Gasteiger partial charge in [0.25, 0.3) is 5.91 Å². The molecule has 0 radical (unpaired) electrons. The molecule has 0 saturated carbocycles. The van der Waals surface area contributed by atoms with Crippen LogP contribution in [0, 0.1) is 0 Å². The number of benzene rings is 3. The summed E-state index contributed by atoms with van der Waals surface area (Å²) in [6.07, 6.45) is 2.00. The lowest BCUT2D eigenvalue weighted by Crippen LogP contribution is -2.27. The van der Waals surface area contributed by atoms with Gasteiger partial charge in [-0.3, -0.25) is 4.79 Å². The standard InChI is InChI=1S/C22H19NO/c24-22(23-21-15-14-17-10-4-5-12-19(17)21)20-13-7-6-11-18(20)16-8-2-1-3-9-16/h1-13,21H,14-15H2,(H,23,24)/t21-/m1/s1. The first-order chi connectivity index (χ1) is 11.8. The van der Waals surface area contributed by atoms with Crippen LogP contribution in [0.4, 0.5) is 0 Å². The number of rotatable bonds is 3. The predicted molar refractivity (Wildman–Crippen MR) is 96.8 cm³/mol. The highest BCUT2D eigenvalue weighted by Gasteiger charge is 2.24. The summed E-state index contributed by atoms with van der Waals surface area (Å²) < 4.78 is 0. The minimum Gasteiger partial charge on any atom is -0.345 e. The van der Waals surface area contributed by atoms with Crippen LogP contribution < -0.4 is 5.32 Å². The molecule has 1 aliphatic rings. The molecule has 1 aliphatic carbocycles. The van der Waals surface area contributed by atoms with Gasteiger partial charge in [-0.1, -0.05) is 72.8 Å². The zero-order valence-electron chi connectivity index (χ0n) is 13.4. The first kappa shape index (κ1) is 14.7. The Labute approximate surface area is 142 Å². The molecule has 3 aromatic carbocycles. The van der Waals surface area contributed by atoms with E-state index in [2.05, 4.69) is 23.5 Å². The zero-order valence-corrected chi connectivity index (χ0v) is 13.4. The van der Waals surface area contributed by atoms with Crippen molar-refractivity contribution < 1.29 is 4.79 Å². The molecule has 0 aromatic heterocycles. The van der Waals surface area contributed by atoms with Gasteiger partial charge < -0.3 is 5.32 Å². The summed E-state index contributed by atoms with van der Waals surface area (Å²) in [5.74, 6) is -0.00356. The minimum atomic E-state index is -0.00356. The van der Waals surface area contributed by atoms with Gasteiger partial charge in [0.1, 0.15) is 0 Å². The van der Waals surface area contributed by atoms with Gasteiger partial charge in [0.2, 0.25) is 0 Å². The largest absolute Gasteiger partial charge is 0.345 e. The van der Waals surface area contributed by atoms with Gasteiger partial charge in [-0.05, 0) is 41.2 Å². The Morgan fingerprint density at radius 2 is 1.54 bits per heavy atom. The van der Waals surface area contributed by atoms with Gasteiger partial charge in [-0.2, -0.15) is 0 Å². The summed E-state index contributed by atoms with van der Waals surface area (Å²) in [4.78, 5) is 12.9. The average Bonchev–Trinajstić information content (AvgIpc) is 3.05. The van der Waals surface area contributed by atoms with Crippen molar-refractivity contribution in [3.63, 3.8) is 0 Å². The van der Waals surface area contributed by atoms with Gasteiger partial charge in [0, 0.05) is 5.56 Å². The third-order valence-corrected chi connectivity index (χ3v) is 4.69. The second-order valence-corrected chi connectivity index (χ2v) is 6.18. The van der Waals surface area contributed by atoms with Crippen molar-refractivity contribution in [2.24, 2.45) is 0 Å². The lowest BCUT2D eigenvalue weighted by atomic mass is 9.98. The Bertz CT molecular complexity index is 870. The molecular weight excluding hydrogens is 294 g/mol. The van der Waals surface area contributed by atoms with E-state index in [9.17, 15) is 4.79 Å². The molecule has 0 unspecified atom stereocenters. The summed E-state index contributed by atoms with van der Waals surface area (Å²) in [7, 11) is 0. The van der Waals surface area contributed by atoms with Crippen molar-refractivity contribution in [2.75, 3.05) is 0 Å². The Morgan fingerprint density at radius 1 is 0.833 bits per heavy atom. The third kappa shape index (κ3) is 2.71. The van der Waals surface area contributed by atoms with Crippen LogP contribution in [0.3, 0.4) is 0 Å². The van der Waals surface area contributed by atoms with Crippen molar-refractivity contribution >= 4 is 5.91 Å². The normalized spacial score (nSPS) is 15.8. The van der Waals surface area contributed by atoms with Crippen LogP contribution in [0.2, 0.25) is 0 Å². The number of hydrogen-bond donors (Lipinski definition) is 1. The highest BCUT2D eigenvalue weighted by atomic mass is 16.1. The van der Waals surface area contributed by atoms with Crippen molar-refractivity contribution in [2.45, 2.75) is 18.9 Å². The van der Waals surface area contributed by atoms with Crippen molar-refractivity contribution in [3.8, 4) is 11.1 Å². The molecule has 1 amide bonds. The molecule has 2 nitrogen and oxygen atoms in total. The summed E-state index contributed by atoms with van der Waals surface area (Å²) in [5.41, 5.74) is 5.37. The van der Waals surface area contributed by atoms with Crippen molar-refractivity contribution in [3.05, 3.63) is 95.6 Å². The van der Waals surface area contributed by atoms with Gasteiger partial charge in [0.05, 0.1) is 6.04 Å². The van der Waals surface area contributed by atoms with Crippen LogP contribution in [0.25, 0.3) is 11.1 Å². The van der Waals surface area contributed by atoms with Gasteiger partial charge in [-0.15, -0.1) is 0 Å². The van der Waals surface area contributed by atoms with Crippen LogP contribution in [0.1, 0.15) is 33.9 Å². The van der Waals surface area contributed by atoms with E-state index >= 15 is 0 Å².